The highest BCUT2D eigenvalue weighted by Gasteiger charge is 2.43. The molecule has 0 aliphatic carbocycles. The third-order valence-corrected chi connectivity index (χ3v) is 8.99. The Morgan fingerprint density at radius 2 is 1.48 bits per heavy atom. The van der Waals surface area contributed by atoms with Crippen LogP contribution in [0.3, 0.4) is 0 Å². The van der Waals surface area contributed by atoms with Gasteiger partial charge in [0.25, 0.3) is 0 Å². The van der Waals surface area contributed by atoms with Crippen molar-refractivity contribution in [3.05, 3.63) is 70.7 Å². The molecule has 1 fully saturated rings. The van der Waals surface area contributed by atoms with E-state index in [4.69, 9.17) is 27.9 Å². The van der Waals surface area contributed by atoms with E-state index >= 15 is 0 Å². The predicted molar refractivity (Wildman–Crippen MR) is 160 cm³/mol. The molecular formula is C29H28Cl2F3N3O6S. The first-order chi connectivity index (χ1) is 20.4. The molecular weight excluding hydrogens is 646 g/mol. The summed E-state index contributed by atoms with van der Waals surface area (Å²) < 4.78 is 78.2. The number of amides is 1. The number of carbonyl (C=O) groups excluding carboxylic acids is 1. The normalized spacial score (nSPS) is 19.8. The summed E-state index contributed by atoms with van der Waals surface area (Å²) in [7, 11) is -4.40. The van der Waals surface area contributed by atoms with E-state index in [2.05, 4.69) is 9.46 Å². The number of alkyl halides is 3. The summed E-state index contributed by atoms with van der Waals surface area (Å²) in [5.41, 5.74) is 0.449. The number of aromatic nitrogens is 1. The number of nitrogens with zero attached hydrogens (tertiary/aromatic N) is 2. The van der Waals surface area contributed by atoms with Crippen LogP contribution in [0, 0.1) is 0 Å². The SMILES string of the molecule is CC(C)(C)OC(=O)N1CC(n2c3ccc(Cl)cc3c3cc(Cl)ccc32)C(O)[C@H](NS(=O)(=O)c2ccc(OC(F)(F)F)cc2)C1. The third kappa shape index (κ3) is 6.86. The number of hydrogen-bond acceptors (Lipinski definition) is 6. The van der Waals surface area contributed by atoms with Crippen LogP contribution in [0.1, 0.15) is 26.8 Å². The van der Waals surface area contributed by atoms with Crippen molar-refractivity contribution in [2.24, 2.45) is 0 Å². The Bertz CT molecular complexity index is 1770. The molecule has 2 N–H and O–H groups in total. The molecule has 2 unspecified atom stereocenters. The Labute approximate surface area is 261 Å². The molecule has 0 bridgehead atoms. The van der Waals surface area contributed by atoms with Crippen LogP contribution in [0.2, 0.25) is 10.0 Å². The van der Waals surface area contributed by atoms with Gasteiger partial charge in [-0.2, -0.15) is 0 Å². The molecule has 1 amide bonds. The quantitative estimate of drug-likeness (QED) is 0.250. The van der Waals surface area contributed by atoms with Crippen molar-refractivity contribution in [3.63, 3.8) is 0 Å². The number of aliphatic hydroxyl groups excluding tert-OH is 1. The van der Waals surface area contributed by atoms with Crippen LogP contribution >= 0.6 is 23.2 Å². The maximum atomic E-state index is 13.4. The van der Waals surface area contributed by atoms with Crippen molar-refractivity contribution < 1.29 is 41.0 Å². The summed E-state index contributed by atoms with van der Waals surface area (Å²) in [6.45, 7) is 4.77. The molecule has 0 spiro atoms. The lowest BCUT2D eigenvalue weighted by Crippen LogP contribution is -2.60. The van der Waals surface area contributed by atoms with E-state index in [1.165, 1.54) is 4.90 Å². The van der Waals surface area contributed by atoms with Crippen LogP contribution in [-0.4, -0.2) is 66.3 Å². The molecule has 0 radical (unpaired) electrons. The van der Waals surface area contributed by atoms with Gasteiger partial charge in [0.05, 0.1) is 23.1 Å². The largest absolute Gasteiger partial charge is 0.573 e. The van der Waals surface area contributed by atoms with Crippen molar-refractivity contribution in [2.75, 3.05) is 13.1 Å². The van der Waals surface area contributed by atoms with E-state index in [0.717, 1.165) is 35.0 Å². The number of halogens is 5. The Hall–Kier alpha value is -3.23. The highest BCUT2D eigenvalue weighted by Crippen LogP contribution is 2.38. The lowest BCUT2D eigenvalue weighted by atomic mass is 9.97. The first kappa shape index (κ1) is 32.2. The second kappa shape index (κ2) is 11.6. The fourth-order valence-electron chi connectivity index (χ4n) is 5.28. The van der Waals surface area contributed by atoms with Crippen LogP contribution in [0.25, 0.3) is 21.8 Å². The van der Waals surface area contributed by atoms with E-state index in [9.17, 15) is 31.5 Å². The summed E-state index contributed by atoms with van der Waals surface area (Å²) in [5, 5.41) is 14.1. The maximum Gasteiger partial charge on any atom is 0.573 e. The Balaban J connectivity index is 1.56. The summed E-state index contributed by atoms with van der Waals surface area (Å²) in [6, 6.07) is 11.9. The van der Waals surface area contributed by atoms with Gasteiger partial charge in [0.2, 0.25) is 10.0 Å². The third-order valence-electron chi connectivity index (χ3n) is 7.01. The number of fused-ring (bicyclic) bond motifs is 3. The Kier molecular flexibility index (Phi) is 8.49. The molecule has 5 rings (SSSR count). The molecule has 3 atom stereocenters. The van der Waals surface area contributed by atoms with Crippen molar-refractivity contribution in [2.45, 2.75) is 55.8 Å². The minimum Gasteiger partial charge on any atom is -0.444 e. The number of likely N-dealkylation sites (tertiary alicyclic amines) is 1. The lowest BCUT2D eigenvalue weighted by molar-refractivity contribution is -0.274. The lowest BCUT2D eigenvalue weighted by Gasteiger charge is -2.42. The summed E-state index contributed by atoms with van der Waals surface area (Å²) in [5.74, 6) is -0.600. The van der Waals surface area contributed by atoms with Crippen molar-refractivity contribution in [1.82, 2.24) is 14.2 Å². The average Bonchev–Trinajstić information content (AvgIpc) is 3.20. The van der Waals surface area contributed by atoms with Crippen molar-refractivity contribution in [1.29, 1.82) is 0 Å². The van der Waals surface area contributed by atoms with E-state index in [0.29, 0.717) is 21.1 Å². The fraction of sp³-hybridized carbons (Fsp3) is 0.345. The van der Waals surface area contributed by atoms with Gasteiger partial charge in [-0.1, -0.05) is 23.2 Å². The van der Waals surface area contributed by atoms with Gasteiger partial charge in [-0.15, -0.1) is 13.2 Å². The monoisotopic (exact) mass is 673 g/mol. The highest BCUT2D eigenvalue weighted by atomic mass is 35.5. The van der Waals surface area contributed by atoms with E-state index in [1.54, 1.807) is 57.2 Å². The van der Waals surface area contributed by atoms with Gasteiger partial charge in [-0.05, 0) is 81.4 Å². The zero-order valence-electron chi connectivity index (χ0n) is 23.6. The first-order valence-electron chi connectivity index (χ1n) is 13.3. The smallest absolute Gasteiger partial charge is 0.444 e. The van der Waals surface area contributed by atoms with Crippen molar-refractivity contribution >= 4 is 61.1 Å². The minimum absolute atomic E-state index is 0.0398. The first-order valence-corrected chi connectivity index (χ1v) is 15.6. The zero-order chi connectivity index (χ0) is 32.2. The van der Waals surface area contributed by atoms with E-state index < -0.39 is 52.0 Å². The molecule has 9 nitrogen and oxygen atoms in total. The van der Waals surface area contributed by atoms with Gasteiger partial charge in [-0.25, -0.2) is 17.9 Å². The number of piperidine rings is 1. The molecule has 4 aromatic rings. The highest BCUT2D eigenvalue weighted by molar-refractivity contribution is 7.89. The van der Waals surface area contributed by atoms with Crippen molar-refractivity contribution in [3.8, 4) is 5.75 Å². The van der Waals surface area contributed by atoms with Crippen LogP contribution in [0.5, 0.6) is 5.75 Å². The summed E-state index contributed by atoms with van der Waals surface area (Å²) >= 11 is 12.6. The average molecular weight is 675 g/mol. The number of hydrogen-bond donors (Lipinski definition) is 2. The summed E-state index contributed by atoms with van der Waals surface area (Å²) in [6.07, 6.45) is -7.05. The van der Waals surface area contributed by atoms with E-state index in [1.807, 2.05) is 4.57 Å². The second-order valence-electron chi connectivity index (χ2n) is 11.4. The Morgan fingerprint density at radius 3 is 1.98 bits per heavy atom. The second-order valence-corrected chi connectivity index (χ2v) is 14.0. The minimum atomic E-state index is -4.95. The number of carbonyl (C=O) groups is 1. The van der Waals surface area contributed by atoms with Gasteiger partial charge < -0.3 is 24.0 Å². The summed E-state index contributed by atoms with van der Waals surface area (Å²) in [4.78, 5) is 14.2. The van der Waals surface area contributed by atoms with Gasteiger partial charge in [-0.3, -0.25) is 0 Å². The van der Waals surface area contributed by atoms with Crippen LogP contribution in [0.4, 0.5) is 18.0 Å². The Morgan fingerprint density at radius 1 is 0.932 bits per heavy atom. The fourth-order valence-corrected chi connectivity index (χ4v) is 6.87. The topological polar surface area (TPSA) is 110 Å². The molecule has 44 heavy (non-hydrogen) atoms. The number of nitrogens with one attached hydrogen (secondary N) is 1. The number of aliphatic hydroxyl groups is 1. The van der Waals surface area contributed by atoms with Gasteiger partial charge in [0.15, 0.2) is 0 Å². The molecule has 1 aliphatic heterocycles. The van der Waals surface area contributed by atoms with E-state index in [-0.39, 0.29) is 18.0 Å². The zero-order valence-corrected chi connectivity index (χ0v) is 25.9. The number of sulfonamides is 1. The molecule has 1 saturated heterocycles. The maximum absolute atomic E-state index is 13.4. The van der Waals surface area contributed by atoms with Crippen LogP contribution in [0.15, 0.2) is 65.6 Å². The molecule has 0 saturated carbocycles. The standard InChI is InChI=1S/C29H28Cl2F3N3O6S/c1-28(2,3)43-27(39)36-14-22(35-44(40,41)19-8-6-18(7-9-19)42-29(32,33)34)26(38)25(15-36)37-23-10-4-16(30)12-20(23)21-13-17(31)5-11-24(21)37/h4-13,22,25-26,35,38H,14-15H2,1-3H3/t22-,25?,26?/m1/s1. The number of rotatable bonds is 5. The van der Waals surface area contributed by atoms with Crippen LogP contribution in [-0.2, 0) is 14.8 Å². The van der Waals surface area contributed by atoms with Crippen LogP contribution < -0.4 is 9.46 Å². The molecule has 1 aliphatic rings. The van der Waals surface area contributed by atoms with Gasteiger partial charge in [0.1, 0.15) is 11.4 Å². The molecule has 3 aromatic carbocycles. The predicted octanol–water partition coefficient (Wildman–Crippen LogP) is 6.50. The molecule has 15 heteroatoms. The molecule has 236 valence electrons. The van der Waals surface area contributed by atoms with Gasteiger partial charge in [0, 0.05) is 44.9 Å². The molecule has 1 aromatic heterocycles. The van der Waals surface area contributed by atoms with Gasteiger partial charge >= 0.3 is 12.5 Å². The molecule has 2 heterocycles. The number of ether oxygens (including phenoxy) is 2. The number of benzene rings is 3.